The van der Waals surface area contributed by atoms with Crippen molar-refractivity contribution in [2.45, 2.75) is 13.0 Å². The highest BCUT2D eigenvalue weighted by Crippen LogP contribution is 2.14. The second-order valence-corrected chi connectivity index (χ2v) is 4.69. The summed E-state index contributed by atoms with van der Waals surface area (Å²) >= 11 is 0. The Morgan fingerprint density at radius 3 is 2.53 bits per heavy atom. The van der Waals surface area contributed by atoms with E-state index in [0.29, 0.717) is 0 Å². The van der Waals surface area contributed by atoms with Gasteiger partial charge < -0.3 is 10.2 Å². The fourth-order valence-corrected chi connectivity index (χ4v) is 2.03. The minimum absolute atomic E-state index is 0.915. The molecular formula is C16H21N3. The molecular weight excluding hydrogens is 234 g/mol. The second kappa shape index (κ2) is 6.90. The van der Waals surface area contributed by atoms with Crippen molar-refractivity contribution in [2.75, 3.05) is 25.5 Å². The molecule has 0 aliphatic rings. The van der Waals surface area contributed by atoms with Gasteiger partial charge in [0.15, 0.2) is 0 Å². The van der Waals surface area contributed by atoms with Crippen molar-refractivity contribution in [3.8, 4) is 0 Å². The van der Waals surface area contributed by atoms with Crippen LogP contribution in [0.3, 0.4) is 0 Å². The largest absolute Gasteiger partial charge is 0.374 e. The molecule has 100 valence electrons. The molecule has 0 aliphatic heterocycles. The van der Waals surface area contributed by atoms with E-state index in [0.717, 1.165) is 25.2 Å². The molecule has 0 fully saturated rings. The number of hydrogen-bond acceptors (Lipinski definition) is 3. The first kappa shape index (κ1) is 13.6. The summed E-state index contributed by atoms with van der Waals surface area (Å²) in [6.07, 6.45) is 2.82. The SMILES string of the molecule is CNCc1ccc(N(C)CCc2ccccn2)cc1. The molecule has 1 N–H and O–H groups in total. The molecule has 19 heavy (non-hydrogen) atoms. The molecule has 0 bridgehead atoms. The van der Waals surface area contributed by atoms with Gasteiger partial charge in [0, 0.05) is 44.1 Å². The number of benzene rings is 1. The Balaban J connectivity index is 1.90. The lowest BCUT2D eigenvalue weighted by molar-refractivity contribution is 0.816. The Morgan fingerprint density at radius 1 is 1.11 bits per heavy atom. The zero-order chi connectivity index (χ0) is 13.5. The predicted octanol–water partition coefficient (Wildman–Crippen LogP) is 2.48. The predicted molar refractivity (Wildman–Crippen MR) is 80.4 cm³/mol. The van der Waals surface area contributed by atoms with Crippen LogP contribution in [0.15, 0.2) is 48.7 Å². The number of hydrogen-bond donors (Lipinski definition) is 1. The van der Waals surface area contributed by atoms with E-state index >= 15 is 0 Å². The van der Waals surface area contributed by atoms with Gasteiger partial charge in [-0.1, -0.05) is 18.2 Å². The Bertz CT molecular complexity index is 479. The first-order valence-electron chi connectivity index (χ1n) is 6.64. The smallest absolute Gasteiger partial charge is 0.0421 e. The van der Waals surface area contributed by atoms with Crippen LogP contribution in [0, 0.1) is 0 Å². The zero-order valence-electron chi connectivity index (χ0n) is 11.6. The normalized spacial score (nSPS) is 10.4. The lowest BCUT2D eigenvalue weighted by Gasteiger charge is -2.19. The molecule has 0 spiro atoms. The number of nitrogens with one attached hydrogen (secondary N) is 1. The fourth-order valence-electron chi connectivity index (χ4n) is 2.03. The summed E-state index contributed by atoms with van der Waals surface area (Å²) in [5, 5.41) is 3.16. The number of pyridine rings is 1. The van der Waals surface area contributed by atoms with Gasteiger partial charge in [-0.2, -0.15) is 0 Å². The van der Waals surface area contributed by atoms with Crippen molar-refractivity contribution in [3.63, 3.8) is 0 Å². The van der Waals surface area contributed by atoms with E-state index in [9.17, 15) is 0 Å². The Kier molecular flexibility index (Phi) is 4.93. The lowest BCUT2D eigenvalue weighted by atomic mass is 10.2. The first-order valence-corrected chi connectivity index (χ1v) is 6.64. The van der Waals surface area contributed by atoms with Crippen molar-refractivity contribution < 1.29 is 0 Å². The van der Waals surface area contributed by atoms with Crippen LogP contribution in [-0.2, 0) is 13.0 Å². The van der Waals surface area contributed by atoms with E-state index < -0.39 is 0 Å². The number of rotatable bonds is 6. The average Bonchev–Trinajstić information content (AvgIpc) is 2.47. The van der Waals surface area contributed by atoms with E-state index in [1.54, 1.807) is 0 Å². The molecule has 0 unspecified atom stereocenters. The number of aromatic nitrogens is 1. The van der Waals surface area contributed by atoms with Crippen LogP contribution in [0.5, 0.6) is 0 Å². The third kappa shape index (κ3) is 4.07. The van der Waals surface area contributed by atoms with Crippen molar-refractivity contribution in [1.82, 2.24) is 10.3 Å². The zero-order valence-corrected chi connectivity index (χ0v) is 11.6. The molecule has 0 saturated carbocycles. The van der Waals surface area contributed by atoms with E-state index in [1.807, 2.05) is 25.4 Å². The molecule has 0 atom stereocenters. The summed E-state index contributed by atoms with van der Waals surface area (Å²) < 4.78 is 0. The molecule has 1 heterocycles. The monoisotopic (exact) mass is 255 g/mol. The highest BCUT2D eigenvalue weighted by molar-refractivity contribution is 5.46. The molecule has 1 aromatic carbocycles. The minimum Gasteiger partial charge on any atom is -0.374 e. The van der Waals surface area contributed by atoms with Gasteiger partial charge in [0.25, 0.3) is 0 Å². The van der Waals surface area contributed by atoms with Gasteiger partial charge in [-0.3, -0.25) is 4.98 Å². The summed E-state index contributed by atoms with van der Waals surface area (Å²) in [4.78, 5) is 6.61. The summed E-state index contributed by atoms with van der Waals surface area (Å²) in [5.41, 5.74) is 3.70. The molecule has 3 nitrogen and oxygen atoms in total. The quantitative estimate of drug-likeness (QED) is 0.859. The average molecular weight is 255 g/mol. The summed E-state index contributed by atoms with van der Waals surface area (Å²) in [6, 6.07) is 14.7. The van der Waals surface area contributed by atoms with Crippen molar-refractivity contribution >= 4 is 5.69 Å². The van der Waals surface area contributed by atoms with Crippen molar-refractivity contribution in [3.05, 3.63) is 59.9 Å². The van der Waals surface area contributed by atoms with Crippen molar-refractivity contribution in [2.24, 2.45) is 0 Å². The molecule has 2 aromatic rings. The Hall–Kier alpha value is -1.87. The maximum atomic E-state index is 4.35. The summed E-state index contributed by atoms with van der Waals surface area (Å²) in [6.45, 7) is 1.89. The van der Waals surface area contributed by atoms with Gasteiger partial charge in [0.2, 0.25) is 0 Å². The Morgan fingerprint density at radius 2 is 1.89 bits per heavy atom. The minimum atomic E-state index is 0.915. The summed E-state index contributed by atoms with van der Waals surface area (Å²) in [5.74, 6) is 0. The van der Waals surface area contributed by atoms with Crippen LogP contribution in [0.25, 0.3) is 0 Å². The maximum absolute atomic E-state index is 4.35. The summed E-state index contributed by atoms with van der Waals surface area (Å²) in [7, 11) is 4.09. The molecule has 0 aliphatic carbocycles. The standard InChI is InChI=1S/C16H21N3/c1-17-13-14-6-8-16(9-7-14)19(2)12-10-15-5-3-4-11-18-15/h3-9,11,17H,10,12-13H2,1-2H3. The molecule has 0 amide bonds. The first-order chi connectivity index (χ1) is 9.29. The van der Waals surface area contributed by atoms with Gasteiger partial charge in [-0.15, -0.1) is 0 Å². The topological polar surface area (TPSA) is 28.2 Å². The van der Waals surface area contributed by atoms with Gasteiger partial charge in [-0.05, 0) is 36.9 Å². The highest BCUT2D eigenvalue weighted by Gasteiger charge is 2.02. The molecule has 3 heteroatoms. The van der Waals surface area contributed by atoms with Gasteiger partial charge in [-0.25, -0.2) is 0 Å². The van der Waals surface area contributed by atoms with Gasteiger partial charge >= 0.3 is 0 Å². The molecule has 2 rings (SSSR count). The molecule has 1 aromatic heterocycles. The van der Waals surface area contributed by atoms with Gasteiger partial charge in [0.1, 0.15) is 0 Å². The lowest BCUT2D eigenvalue weighted by Crippen LogP contribution is -2.20. The molecule has 0 saturated heterocycles. The number of anilines is 1. The number of nitrogens with zero attached hydrogens (tertiary/aromatic N) is 2. The van der Waals surface area contributed by atoms with Crippen molar-refractivity contribution in [1.29, 1.82) is 0 Å². The van der Waals surface area contributed by atoms with E-state index in [1.165, 1.54) is 11.3 Å². The molecule has 0 radical (unpaired) electrons. The van der Waals surface area contributed by atoms with Crippen LogP contribution < -0.4 is 10.2 Å². The van der Waals surface area contributed by atoms with Crippen LogP contribution in [0.4, 0.5) is 5.69 Å². The van der Waals surface area contributed by atoms with Crippen LogP contribution in [0.1, 0.15) is 11.3 Å². The van der Waals surface area contributed by atoms with E-state index in [4.69, 9.17) is 0 Å². The van der Waals surface area contributed by atoms with Crippen LogP contribution in [0.2, 0.25) is 0 Å². The maximum Gasteiger partial charge on any atom is 0.0421 e. The van der Waals surface area contributed by atoms with Crippen LogP contribution in [-0.4, -0.2) is 25.6 Å². The number of likely N-dealkylation sites (N-methyl/N-ethyl adjacent to an activating group) is 1. The fraction of sp³-hybridized carbons (Fsp3) is 0.312. The third-order valence-electron chi connectivity index (χ3n) is 3.19. The third-order valence-corrected chi connectivity index (χ3v) is 3.19. The second-order valence-electron chi connectivity index (χ2n) is 4.69. The van der Waals surface area contributed by atoms with Gasteiger partial charge in [0.05, 0.1) is 0 Å². The van der Waals surface area contributed by atoms with E-state index in [2.05, 4.69) is 52.6 Å². The van der Waals surface area contributed by atoms with E-state index in [-0.39, 0.29) is 0 Å². The Labute approximate surface area is 115 Å². The highest BCUT2D eigenvalue weighted by atomic mass is 15.1. The van der Waals surface area contributed by atoms with Crippen LogP contribution >= 0.6 is 0 Å².